The number of hydrogen-bond donors (Lipinski definition) is 2. The second-order valence-electron chi connectivity index (χ2n) is 4.36. The summed E-state index contributed by atoms with van der Waals surface area (Å²) >= 11 is 0. The first kappa shape index (κ1) is 16.6. The Kier molecular flexibility index (Phi) is 6.00. The number of benzene rings is 1. The molecule has 1 aromatic rings. The van der Waals surface area contributed by atoms with Gasteiger partial charge in [-0.2, -0.15) is 0 Å². The Morgan fingerprint density at radius 3 is 2.50 bits per heavy atom. The molecule has 0 amide bonds. The summed E-state index contributed by atoms with van der Waals surface area (Å²) in [4.78, 5) is 9.78. The normalized spacial score (nSPS) is 12.1. The van der Waals surface area contributed by atoms with Gasteiger partial charge in [-0.1, -0.05) is 13.8 Å². The van der Waals surface area contributed by atoms with E-state index >= 15 is 0 Å². The first-order valence-electron chi connectivity index (χ1n) is 5.25. The molecule has 0 unspecified atom stereocenters. The Labute approximate surface area is 110 Å². The maximum absolute atomic E-state index is 13.2. The van der Waals surface area contributed by atoms with Gasteiger partial charge in [0.25, 0.3) is 0 Å². The predicted molar refractivity (Wildman–Crippen MR) is 68.4 cm³/mol. The third-order valence-corrected chi connectivity index (χ3v) is 2.41. The number of nitrogens with two attached hydrogens (primary N) is 1. The first-order valence-corrected chi connectivity index (χ1v) is 5.25. The predicted octanol–water partition coefficient (Wildman–Crippen LogP) is 2.91. The summed E-state index contributed by atoms with van der Waals surface area (Å²) in [5.74, 6) is -1.08. The number of nitro benzene ring substituents is 1. The Hall–Kier alpha value is -1.40. The maximum atomic E-state index is 13.2. The quantitative estimate of drug-likeness (QED) is 0.654. The number of hydrogen-bond acceptors (Lipinski definition) is 4. The minimum Gasteiger partial charge on any atom is -0.502 e. The molecule has 3 N–H and O–H groups in total. The van der Waals surface area contributed by atoms with Crippen LogP contribution < -0.4 is 5.73 Å². The van der Waals surface area contributed by atoms with Gasteiger partial charge in [0.2, 0.25) is 0 Å². The molecule has 0 aliphatic heterocycles. The number of aromatic hydroxyl groups is 1. The van der Waals surface area contributed by atoms with Crippen LogP contribution in [0.15, 0.2) is 12.1 Å². The minimum absolute atomic E-state index is 0. The topological polar surface area (TPSA) is 89.4 Å². The molecule has 0 heterocycles. The van der Waals surface area contributed by atoms with E-state index in [1.807, 2.05) is 13.8 Å². The van der Waals surface area contributed by atoms with Crippen molar-refractivity contribution in [1.82, 2.24) is 0 Å². The molecular formula is C11H16ClFN2O3. The van der Waals surface area contributed by atoms with Gasteiger partial charge in [0.05, 0.1) is 11.0 Å². The second-order valence-corrected chi connectivity index (χ2v) is 4.36. The van der Waals surface area contributed by atoms with Crippen LogP contribution in [-0.2, 0) is 0 Å². The van der Waals surface area contributed by atoms with Gasteiger partial charge in [-0.15, -0.1) is 12.4 Å². The summed E-state index contributed by atoms with van der Waals surface area (Å²) in [6, 6.07) is 1.10. The lowest BCUT2D eigenvalue weighted by atomic mass is 9.96. The molecular weight excluding hydrogens is 263 g/mol. The molecule has 1 atom stereocenters. The van der Waals surface area contributed by atoms with E-state index in [0.717, 1.165) is 6.07 Å². The smallest absolute Gasteiger partial charge is 0.313 e. The summed E-state index contributed by atoms with van der Waals surface area (Å²) in [5.41, 5.74) is 5.21. The standard InChI is InChI=1S/C11H15FN2O3.ClH/c1-6(2)3-9(13)8-4-7(12)5-10(11(8)15)14(16)17;/h4-6,9,15H,3,13H2,1-2H3;1H/t9-;/m0./s1. The molecule has 0 radical (unpaired) electrons. The van der Waals surface area contributed by atoms with Gasteiger partial charge in [0, 0.05) is 11.6 Å². The molecule has 1 aromatic carbocycles. The van der Waals surface area contributed by atoms with Crippen LogP contribution in [0.2, 0.25) is 0 Å². The van der Waals surface area contributed by atoms with E-state index < -0.39 is 28.2 Å². The fourth-order valence-electron chi connectivity index (χ4n) is 1.66. The fourth-order valence-corrected chi connectivity index (χ4v) is 1.66. The number of phenols is 1. The zero-order valence-electron chi connectivity index (χ0n) is 10.1. The molecule has 0 aromatic heterocycles. The number of phenolic OH excluding ortho intramolecular Hbond substituents is 1. The SMILES string of the molecule is CC(C)C[C@H](N)c1cc(F)cc([N+](=O)[O-])c1O.Cl. The molecule has 0 aliphatic rings. The van der Waals surface area contributed by atoms with Crippen molar-refractivity contribution in [3.63, 3.8) is 0 Å². The monoisotopic (exact) mass is 278 g/mol. The molecule has 0 bridgehead atoms. The van der Waals surface area contributed by atoms with E-state index in [9.17, 15) is 19.6 Å². The van der Waals surface area contributed by atoms with Gasteiger partial charge in [-0.05, 0) is 18.4 Å². The van der Waals surface area contributed by atoms with E-state index in [1.54, 1.807) is 0 Å². The molecule has 0 saturated heterocycles. The molecule has 0 aliphatic carbocycles. The van der Waals surface area contributed by atoms with Crippen molar-refractivity contribution >= 4 is 18.1 Å². The minimum atomic E-state index is -0.829. The van der Waals surface area contributed by atoms with Gasteiger partial charge < -0.3 is 10.8 Å². The van der Waals surface area contributed by atoms with Gasteiger partial charge >= 0.3 is 5.69 Å². The van der Waals surface area contributed by atoms with Crippen LogP contribution in [0.25, 0.3) is 0 Å². The zero-order chi connectivity index (χ0) is 13.2. The van der Waals surface area contributed by atoms with Gasteiger partial charge in [0.1, 0.15) is 5.82 Å². The Bertz CT molecular complexity index is 441. The lowest BCUT2D eigenvalue weighted by Gasteiger charge is -2.15. The largest absolute Gasteiger partial charge is 0.502 e. The van der Waals surface area contributed by atoms with E-state index in [-0.39, 0.29) is 23.9 Å². The second kappa shape index (κ2) is 6.51. The van der Waals surface area contributed by atoms with E-state index in [0.29, 0.717) is 12.5 Å². The number of halogens is 2. The molecule has 0 fully saturated rings. The van der Waals surface area contributed by atoms with Crippen molar-refractivity contribution in [3.05, 3.63) is 33.6 Å². The molecule has 5 nitrogen and oxygen atoms in total. The number of nitrogens with zero attached hydrogens (tertiary/aromatic N) is 1. The van der Waals surface area contributed by atoms with Crippen molar-refractivity contribution in [2.24, 2.45) is 11.7 Å². The first-order chi connectivity index (χ1) is 7.82. The highest BCUT2D eigenvalue weighted by atomic mass is 35.5. The highest BCUT2D eigenvalue weighted by Crippen LogP contribution is 2.35. The lowest BCUT2D eigenvalue weighted by molar-refractivity contribution is -0.386. The molecule has 18 heavy (non-hydrogen) atoms. The van der Waals surface area contributed by atoms with Crippen LogP contribution in [0.5, 0.6) is 5.75 Å². The molecule has 1 rings (SSSR count). The summed E-state index contributed by atoms with van der Waals surface area (Å²) in [5, 5.41) is 20.3. The van der Waals surface area contributed by atoms with Gasteiger partial charge in [-0.25, -0.2) is 4.39 Å². The Morgan fingerprint density at radius 2 is 2.06 bits per heavy atom. The third kappa shape index (κ3) is 3.82. The third-order valence-electron chi connectivity index (χ3n) is 2.41. The molecule has 7 heteroatoms. The number of nitro groups is 1. The highest BCUT2D eigenvalue weighted by Gasteiger charge is 2.23. The lowest BCUT2D eigenvalue weighted by Crippen LogP contribution is -2.14. The van der Waals surface area contributed by atoms with Crippen LogP contribution >= 0.6 is 12.4 Å². The van der Waals surface area contributed by atoms with Crippen LogP contribution in [-0.4, -0.2) is 10.0 Å². The van der Waals surface area contributed by atoms with Crippen molar-refractivity contribution in [3.8, 4) is 5.75 Å². The van der Waals surface area contributed by atoms with E-state index in [2.05, 4.69) is 0 Å². The van der Waals surface area contributed by atoms with Crippen molar-refractivity contribution in [1.29, 1.82) is 0 Å². The maximum Gasteiger partial charge on any atom is 0.313 e. The number of rotatable bonds is 4. The summed E-state index contributed by atoms with van der Waals surface area (Å²) in [7, 11) is 0. The average molecular weight is 279 g/mol. The summed E-state index contributed by atoms with van der Waals surface area (Å²) in [6.45, 7) is 3.84. The Morgan fingerprint density at radius 1 is 1.50 bits per heavy atom. The highest BCUT2D eigenvalue weighted by molar-refractivity contribution is 5.85. The molecule has 0 saturated carbocycles. The van der Waals surface area contributed by atoms with Crippen molar-refractivity contribution in [2.45, 2.75) is 26.3 Å². The van der Waals surface area contributed by atoms with E-state index in [1.165, 1.54) is 0 Å². The van der Waals surface area contributed by atoms with Crippen molar-refractivity contribution < 1.29 is 14.4 Å². The van der Waals surface area contributed by atoms with Crippen molar-refractivity contribution in [2.75, 3.05) is 0 Å². The van der Waals surface area contributed by atoms with Crippen LogP contribution in [0.4, 0.5) is 10.1 Å². The average Bonchev–Trinajstić information content (AvgIpc) is 2.19. The summed E-state index contributed by atoms with van der Waals surface area (Å²) in [6.07, 6.45) is 0.508. The molecule has 0 spiro atoms. The van der Waals surface area contributed by atoms with E-state index in [4.69, 9.17) is 5.73 Å². The van der Waals surface area contributed by atoms with Gasteiger partial charge in [0.15, 0.2) is 5.75 Å². The fraction of sp³-hybridized carbons (Fsp3) is 0.455. The van der Waals surface area contributed by atoms with Crippen LogP contribution in [0, 0.1) is 21.8 Å². The van der Waals surface area contributed by atoms with Gasteiger partial charge in [-0.3, -0.25) is 10.1 Å². The molecule has 102 valence electrons. The zero-order valence-corrected chi connectivity index (χ0v) is 10.9. The Balaban J connectivity index is 0.00000289. The summed E-state index contributed by atoms with van der Waals surface area (Å²) < 4.78 is 13.2. The van der Waals surface area contributed by atoms with Crippen LogP contribution in [0.3, 0.4) is 0 Å². The van der Waals surface area contributed by atoms with Crippen LogP contribution in [0.1, 0.15) is 31.9 Å².